The van der Waals surface area contributed by atoms with Gasteiger partial charge in [-0.3, -0.25) is 13.9 Å². The van der Waals surface area contributed by atoms with Crippen LogP contribution in [0.3, 0.4) is 0 Å². The highest BCUT2D eigenvalue weighted by molar-refractivity contribution is 7.92. The summed E-state index contributed by atoms with van der Waals surface area (Å²) in [6.45, 7) is 14.6. The van der Waals surface area contributed by atoms with E-state index < -0.39 is 34.1 Å². The molecule has 0 saturated carbocycles. The van der Waals surface area contributed by atoms with Gasteiger partial charge in [-0.1, -0.05) is 54.1 Å². The molecule has 1 atom stereocenters. The number of hydrogen-bond acceptors (Lipinski definition) is 4. The summed E-state index contributed by atoms with van der Waals surface area (Å²) < 4.78 is 29.3. The lowest BCUT2D eigenvalue weighted by Crippen LogP contribution is -2.54. The van der Waals surface area contributed by atoms with Crippen LogP contribution in [0.25, 0.3) is 0 Å². The lowest BCUT2D eigenvalue weighted by molar-refractivity contribution is -0.140. The van der Waals surface area contributed by atoms with E-state index in [0.29, 0.717) is 5.69 Å². The van der Waals surface area contributed by atoms with Crippen molar-refractivity contribution in [3.63, 3.8) is 0 Å². The molecular weight excluding hydrogens is 522 g/mol. The Hall–Kier alpha value is -3.65. The second-order valence-corrected chi connectivity index (χ2v) is 13.3. The average Bonchev–Trinajstić information content (AvgIpc) is 2.87. The fraction of sp³-hybridized carbons (Fsp3) is 0.375. The van der Waals surface area contributed by atoms with E-state index >= 15 is 0 Å². The standard InChI is InChI=1S/C32H41N3O4S/c1-22-16-18-28(19-17-22)40(38,39)35(29-15-11-13-23(2)25(29)4)21-30(36)34(20-27-14-10-9-12-24(27)3)26(5)31(37)33-32(6,7)8/h9-19,26H,20-21H2,1-8H3,(H,33,37). The number of carbonyl (C=O) groups excluding carboxylic acids is 2. The zero-order valence-corrected chi connectivity index (χ0v) is 25.6. The maximum Gasteiger partial charge on any atom is 0.264 e. The number of aryl methyl sites for hydroxylation is 3. The minimum absolute atomic E-state index is 0.0933. The number of hydrogen-bond donors (Lipinski definition) is 1. The Kier molecular flexibility index (Phi) is 9.46. The van der Waals surface area contributed by atoms with Gasteiger partial charge in [0.1, 0.15) is 12.6 Å². The molecule has 0 aliphatic carbocycles. The zero-order valence-electron chi connectivity index (χ0n) is 24.8. The highest BCUT2D eigenvalue weighted by Gasteiger charge is 2.34. The number of rotatable bonds is 9. The number of benzene rings is 3. The summed E-state index contributed by atoms with van der Waals surface area (Å²) >= 11 is 0. The first-order valence-corrected chi connectivity index (χ1v) is 14.9. The van der Waals surface area contributed by atoms with E-state index in [-0.39, 0.29) is 17.3 Å². The van der Waals surface area contributed by atoms with E-state index in [4.69, 9.17) is 0 Å². The Balaban J connectivity index is 2.09. The number of nitrogens with zero attached hydrogens (tertiary/aromatic N) is 2. The Morgan fingerprint density at radius 3 is 2.05 bits per heavy atom. The summed E-state index contributed by atoms with van der Waals surface area (Å²) in [4.78, 5) is 28.9. The lowest BCUT2D eigenvalue weighted by Gasteiger charge is -2.34. The SMILES string of the molecule is Cc1ccc(S(=O)(=O)N(CC(=O)N(Cc2ccccc2C)C(C)C(=O)NC(C)(C)C)c2cccc(C)c2C)cc1. The van der Waals surface area contributed by atoms with Crippen LogP contribution in [-0.4, -0.2) is 43.3 Å². The van der Waals surface area contributed by atoms with Crippen molar-refractivity contribution in [2.24, 2.45) is 0 Å². The Bertz CT molecular complexity index is 1470. The summed E-state index contributed by atoms with van der Waals surface area (Å²) in [6, 6.07) is 18.8. The number of anilines is 1. The van der Waals surface area contributed by atoms with Crippen molar-refractivity contribution in [2.45, 2.75) is 78.4 Å². The van der Waals surface area contributed by atoms with Crippen LogP contribution < -0.4 is 9.62 Å². The first-order valence-electron chi connectivity index (χ1n) is 13.4. The van der Waals surface area contributed by atoms with Crippen molar-refractivity contribution in [3.05, 3.63) is 94.5 Å². The van der Waals surface area contributed by atoms with E-state index in [1.165, 1.54) is 9.21 Å². The van der Waals surface area contributed by atoms with E-state index in [1.54, 1.807) is 43.3 Å². The average molecular weight is 564 g/mol. The normalized spacial score (nSPS) is 12.5. The molecule has 0 aromatic heterocycles. The molecule has 2 amide bonds. The van der Waals surface area contributed by atoms with Gasteiger partial charge in [0, 0.05) is 12.1 Å². The molecule has 0 spiro atoms. The number of carbonyl (C=O) groups is 2. The van der Waals surface area contributed by atoms with Crippen LogP contribution in [0, 0.1) is 27.7 Å². The molecule has 0 bridgehead atoms. The third-order valence-electron chi connectivity index (χ3n) is 7.00. The van der Waals surface area contributed by atoms with Crippen molar-refractivity contribution in [2.75, 3.05) is 10.8 Å². The summed E-state index contributed by atoms with van der Waals surface area (Å²) in [7, 11) is -4.11. The van der Waals surface area contributed by atoms with Gasteiger partial charge < -0.3 is 10.2 Å². The minimum atomic E-state index is -4.11. The van der Waals surface area contributed by atoms with Gasteiger partial charge in [-0.2, -0.15) is 0 Å². The third-order valence-corrected chi connectivity index (χ3v) is 8.77. The summed E-state index contributed by atoms with van der Waals surface area (Å²) in [5, 5.41) is 2.95. The van der Waals surface area contributed by atoms with Crippen molar-refractivity contribution >= 4 is 27.5 Å². The van der Waals surface area contributed by atoms with Crippen molar-refractivity contribution < 1.29 is 18.0 Å². The van der Waals surface area contributed by atoms with E-state index in [0.717, 1.165) is 27.8 Å². The van der Waals surface area contributed by atoms with Crippen molar-refractivity contribution in [1.82, 2.24) is 10.2 Å². The molecule has 1 N–H and O–H groups in total. The van der Waals surface area contributed by atoms with E-state index in [1.807, 2.05) is 78.8 Å². The maximum absolute atomic E-state index is 14.1. The third kappa shape index (κ3) is 7.30. The molecule has 8 heteroatoms. The monoisotopic (exact) mass is 563 g/mol. The van der Waals surface area contributed by atoms with Gasteiger partial charge >= 0.3 is 0 Å². The quantitative estimate of drug-likeness (QED) is 0.375. The van der Waals surface area contributed by atoms with Crippen LogP contribution in [0.15, 0.2) is 71.6 Å². The van der Waals surface area contributed by atoms with Gasteiger partial charge in [0.05, 0.1) is 10.6 Å². The molecule has 1 unspecified atom stereocenters. The van der Waals surface area contributed by atoms with Gasteiger partial charge in [0.2, 0.25) is 11.8 Å². The predicted octanol–water partition coefficient (Wildman–Crippen LogP) is 5.45. The van der Waals surface area contributed by atoms with Crippen molar-refractivity contribution in [1.29, 1.82) is 0 Å². The lowest BCUT2D eigenvalue weighted by atomic mass is 10.1. The fourth-order valence-corrected chi connectivity index (χ4v) is 5.86. The van der Waals surface area contributed by atoms with Crippen LogP contribution in [0.1, 0.15) is 55.5 Å². The molecule has 214 valence electrons. The highest BCUT2D eigenvalue weighted by atomic mass is 32.2. The molecule has 3 aromatic rings. The maximum atomic E-state index is 14.1. The molecule has 0 aliphatic heterocycles. The zero-order chi connectivity index (χ0) is 29.8. The molecule has 7 nitrogen and oxygen atoms in total. The Morgan fingerprint density at radius 2 is 1.45 bits per heavy atom. The molecule has 0 heterocycles. The first kappa shape index (κ1) is 30.9. The smallest absolute Gasteiger partial charge is 0.264 e. The molecular formula is C32H41N3O4S. The predicted molar refractivity (Wildman–Crippen MR) is 161 cm³/mol. The minimum Gasteiger partial charge on any atom is -0.350 e. The van der Waals surface area contributed by atoms with Gasteiger partial charge in [0.25, 0.3) is 10.0 Å². The summed E-state index contributed by atoms with van der Waals surface area (Å²) in [5.41, 5.74) is 4.38. The van der Waals surface area contributed by atoms with Gasteiger partial charge in [-0.05, 0) is 95.8 Å². The molecule has 0 fully saturated rings. The molecule has 3 aromatic carbocycles. The van der Waals surface area contributed by atoms with Crippen LogP contribution in [0.4, 0.5) is 5.69 Å². The van der Waals surface area contributed by atoms with Gasteiger partial charge in [-0.25, -0.2) is 8.42 Å². The summed E-state index contributed by atoms with van der Waals surface area (Å²) in [5.74, 6) is -0.787. The molecule has 3 rings (SSSR count). The summed E-state index contributed by atoms with van der Waals surface area (Å²) in [6.07, 6.45) is 0. The molecule has 0 saturated heterocycles. The molecule has 0 radical (unpaired) electrons. The topological polar surface area (TPSA) is 86.8 Å². The number of sulfonamides is 1. The van der Waals surface area contributed by atoms with Crippen LogP contribution in [0.5, 0.6) is 0 Å². The van der Waals surface area contributed by atoms with Crippen molar-refractivity contribution in [3.8, 4) is 0 Å². The van der Waals surface area contributed by atoms with Crippen LogP contribution in [0.2, 0.25) is 0 Å². The van der Waals surface area contributed by atoms with E-state index in [9.17, 15) is 18.0 Å². The second-order valence-electron chi connectivity index (χ2n) is 11.4. The first-order chi connectivity index (χ1) is 18.6. The van der Waals surface area contributed by atoms with Crippen LogP contribution in [-0.2, 0) is 26.2 Å². The van der Waals surface area contributed by atoms with Crippen LogP contribution >= 0.6 is 0 Å². The fourth-order valence-electron chi connectivity index (χ4n) is 4.38. The number of nitrogens with one attached hydrogen (secondary N) is 1. The Labute approximate surface area is 239 Å². The molecule has 0 aliphatic rings. The Morgan fingerprint density at radius 1 is 0.850 bits per heavy atom. The van der Waals surface area contributed by atoms with Gasteiger partial charge in [0.15, 0.2) is 0 Å². The van der Waals surface area contributed by atoms with Gasteiger partial charge in [-0.15, -0.1) is 0 Å². The van der Waals surface area contributed by atoms with E-state index in [2.05, 4.69) is 5.32 Å². The largest absolute Gasteiger partial charge is 0.350 e. The molecule has 40 heavy (non-hydrogen) atoms. The highest BCUT2D eigenvalue weighted by Crippen LogP contribution is 2.29. The number of amides is 2. The second kappa shape index (κ2) is 12.3.